The summed E-state index contributed by atoms with van der Waals surface area (Å²) in [7, 11) is 3.14. The smallest absolute Gasteiger partial charge is 0.330 e. The van der Waals surface area contributed by atoms with Crippen LogP contribution in [0, 0.1) is 0 Å². The van der Waals surface area contributed by atoms with Crippen LogP contribution in [-0.2, 0) is 19.0 Å². The molecule has 2 heterocycles. The number of nitrogens with zero attached hydrogens (tertiary/aromatic N) is 1. The third-order valence-corrected chi connectivity index (χ3v) is 5.11. The van der Waals surface area contributed by atoms with Crippen LogP contribution in [-0.4, -0.2) is 55.0 Å². The van der Waals surface area contributed by atoms with Gasteiger partial charge >= 0.3 is 5.69 Å². The number of methoxy groups -OCH3 is 2. The van der Waals surface area contributed by atoms with Crippen LogP contribution in [0.5, 0.6) is 0 Å². The van der Waals surface area contributed by atoms with E-state index in [1.54, 1.807) is 14.2 Å². The van der Waals surface area contributed by atoms with Gasteiger partial charge in [0.2, 0.25) is 5.91 Å². The fourth-order valence-corrected chi connectivity index (χ4v) is 3.43. The second kappa shape index (κ2) is 12.5. The molecule has 1 aromatic heterocycles. The number of carbonyl (C=O) groups excluding carboxylic acids is 1. The minimum absolute atomic E-state index is 0.195. The Hall–Kier alpha value is -2.23. The van der Waals surface area contributed by atoms with E-state index < -0.39 is 17.5 Å². The molecule has 9 nitrogen and oxygen atoms in total. The van der Waals surface area contributed by atoms with E-state index in [1.807, 2.05) is 0 Å². The largest absolute Gasteiger partial charge is 0.382 e. The fourth-order valence-electron chi connectivity index (χ4n) is 3.43. The van der Waals surface area contributed by atoms with Crippen molar-refractivity contribution >= 4 is 12.0 Å². The molecule has 1 amide bonds. The highest BCUT2D eigenvalue weighted by Gasteiger charge is 2.36. The summed E-state index contributed by atoms with van der Waals surface area (Å²) in [4.78, 5) is 38.7. The van der Waals surface area contributed by atoms with Gasteiger partial charge < -0.3 is 19.5 Å². The Balaban J connectivity index is 2.01. The normalized spacial score (nSPS) is 21.4. The summed E-state index contributed by atoms with van der Waals surface area (Å²) in [6.07, 6.45) is 8.96. The Morgan fingerprint density at radius 3 is 2.77 bits per heavy atom. The van der Waals surface area contributed by atoms with Crippen LogP contribution < -0.4 is 16.6 Å². The molecule has 1 saturated heterocycles. The summed E-state index contributed by atoms with van der Waals surface area (Å²) in [6.45, 7) is 3.08. The highest BCUT2D eigenvalue weighted by molar-refractivity contribution is 5.91. The molecule has 1 aromatic rings. The monoisotopic (exact) mass is 423 g/mol. The first kappa shape index (κ1) is 24.0. The molecule has 1 fully saturated rings. The van der Waals surface area contributed by atoms with Gasteiger partial charge in [-0.25, -0.2) is 4.79 Å². The second-order valence-electron chi connectivity index (χ2n) is 7.38. The molecule has 0 aromatic carbocycles. The second-order valence-corrected chi connectivity index (χ2v) is 7.38. The molecule has 168 valence electrons. The molecule has 2 rings (SSSR count). The number of ether oxygens (including phenoxy) is 3. The predicted octanol–water partition coefficient (Wildman–Crippen LogP) is 1.59. The molecule has 9 heteroatoms. The molecule has 0 bridgehead atoms. The molecule has 0 aliphatic carbocycles. The first-order valence-electron chi connectivity index (χ1n) is 10.5. The number of nitrogens with one attached hydrogen (secondary N) is 2. The highest BCUT2D eigenvalue weighted by Crippen LogP contribution is 2.29. The first-order valence-corrected chi connectivity index (χ1v) is 10.5. The van der Waals surface area contributed by atoms with Crippen molar-refractivity contribution in [2.45, 2.75) is 63.9 Å². The number of carbonyl (C=O) groups is 1. The lowest BCUT2D eigenvalue weighted by Gasteiger charge is -2.16. The topological polar surface area (TPSA) is 112 Å². The zero-order valence-electron chi connectivity index (χ0n) is 18.0. The van der Waals surface area contributed by atoms with Gasteiger partial charge in [0.15, 0.2) is 0 Å². The molecule has 1 aliphatic rings. The van der Waals surface area contributed by atoms with E-state index in [0.29, 0.717) is 19.6 Å². The number of aromatic amines is 1. The molecule has 0 unspecified atom stereocenters. The molecule has 0 radical (unpaired) electrons. The van der Waals surface area contributed by atoms with Gasteiger partial charge in [-0.15, -0.1) is 0 Å². The maximum Gasteiger partial charge on any atom is 0.330 e. The van der Waals surface area contributed by atoms with E-state index in [4.69, 9.17) is 14.2 Å². The Morgan fingerprint density at radius 1 is 1.30 bits per heavy atom. The maximum absolute atomic E-state index is 12.3. The first-order chi connectivity index (χ1) is 14.5. The van der Waals surface area contributed by atoms with Gasteiger partial charge in [0.1, 0.15) is 12.3 Å². The van der Waals surface area contributed by atoms with E-state index >= 15 is 0 Å². The van der Waals surface area contributed by atoms with E-state index in [0.717, 1.165) is 19.3 Å². The van der Waals surface area contributed by atoms with Crippen LogP contribution in [0.2, 0.25) is 0 Å². The third-order valence-electron chi connectivity index (χ3n) is 5.11. The van der Waals surface area contributed by atoms with Crippen molar-refractivity contribution in [1.29, 1.82) is 0 Å². The van der Waals surface area contributed by atoms with Crippen molar-refractivity contribution in [2.75, 3.05) is 27.4 Å². The molecule has 0 saturated carbocycles. The summed E-state index contributed by atoms with van der Waals surface area (Å²) in [5, 5.41) is 2.80. The molecular weight excluding hydrogens is 390 g/mol. The number of unbranched alkanes of at least 4 members (excludes halogenated alkanes) is 4. The summed E-state index contributed by atoms with van der Waals surface area (Å²) < 4.78 is 17.7. The Morgan fingerprint density at radius 2 is 2.07 bits per heavy atom. The Labute approximate surface area is 176 Å². The number of aromatic nitrogens is 2. The van der Waals surface area contributed by atoms with Crippen molar-refractivity contribution < 1.29 is 19.0 Å². The van der Waals surface area contributed by atoms with Gasteiger partial charge in [-0.05, 0) is 12.5 Å². The number of hydrogen-bond donors (Lipinski definition) is 2. The summed E-state index contributed by atoms with van der Waals surface area (Å²) in [6, 6.07) is 0. The quantitative estimate of drug-likeness (QED) is 0.390. The number of rotatable bonds is 12. The van der Waals surface area contributed by atoms with E-state index in [-0.39, 0.29) is 23.7 Å². The Bertz CT molecular complexity index is 816. The van der Waals surface area contributed by atoms with Crippen molar-refractivity contribution in [3.05, 3.63) is 38.7 Å². The van der Waals surface area contributed by atoms with Crippen molar-refractivity contribution in [2.24, 2.45) is 0 Å². The average Bonchev–Trinajstić information content (AvgIpc) is 3.13. The summed E-state index contributed by atoms with van der Waals surface area (Å²) >= 11 is 0. The van der Waals surface area contributed by atoms with E-state index in [9.17, 15) is 14.4 Å². The fraction of sp³-hybridized carbons (Fsp3) is 0.667. The predicted molar refractivity (Wildman–Crippen MR) is 113 cm³/mol. The van der Waals surface area contributed by atoms with E-state index in [2.05, 4.69) is 17.2 Å². The molecular formula is C21H33N3O6. The summed E-state index contributed by atoms with van der Waals surface area (Å²) in [5.74, 6) is -0.278. The lowest BCUT2D eigenvalue weighted by Crippen LogP contribution is -2.33. The van der Waals surface area contributed by atoms with Crippen LogP contribution in [0.4, 0.5) is 0 Å². The average molecular weight is 424 g/mol. The minimum atomic E-state index is -0.594. The molecule has 3 atom stereocenters. The standard InChI is InChI=1S/C21H33N3O6/c1-4-5-6-7-8-11-22-18(25)10-9-15-13-24(21(27)23-20(15)26)19-12-16(29-3)17(30-19)14-28-2/h9-10,13,16-17,19H,4-8,11-12,14H2,1-3H3,(H,22,25)(H,23,26,27)/b10-9+/t16-,17-,19-/m1/s1. The number of hydrogen-bond acceptors (Lipinski definition) is 6. The zero-order chi connectivity index (χ0) is 21.9. The zero-order valence-corrected chi connectivity index (χ0v) is 18.0. The van der Waals surface area contributed by atoms with Crippen LogP contribution >= 0.6 is 0 Å². The number of H-pyrrole nitrogens is 1. The highest BCUT2D eigenvalue weighted by atomic mass is 16.6. The van der Waals surface area contributed by atoms with Gasteiger partial charge in [0.05, 0.1) is 18.3 Å². The van der Waals surface area contributed by atoms with Crippen LogP contribution in [0.25, 0.3) is 6.08 Å². The lowest BCUT2D eigenvalue weighted by molar-refractivity contribution is -0.116. The van der Waals surface area contributed by atoms with Crippen LogP contribution in [0.15, 0.2) is 21.9 Å². The van der Waals surface area contributed by atoms with Gasteiger partial charge in [0, 0.05) is 39.5 Å². The lowest BCUT2D eigenvalue weighted by atomic mass is 10.1. The van der Waals surface area contributed by atoms with Crippen molar-refractivity contribution in [3.8, 4) is 0 Å². The Kier molecular flexibility index (Phi) is 9.99. The van der Waals surface area contributed by atoms with Gasteiger partial charge in [-0.3, -0.25) is 19.1 Å². The van der Waals surface area contributed by atoms with Gasteiger partial charge in [0.25, 0.3) is 5.56 Å². The maximum atomic E-state index is 12.3. The van der Waals surface area contributed by atoms with E-state index in [1.165, 1.54) is 35.8 Å². The van der Waals surface area contributed by atoms with Crippen LogP contribution in [0.3, 0.4) is 0 Å². The number of amides is 1. The SMILES string of the molecule is CCCCCCCNC(=O)/C=C/c1cn([C@H]2C[C@@H](OC)[C@@H](COC)O2)c(=O)[nH]c1=O. The third kappa shape index (κ3) is 6.93. The minimum Gasteiger partial charge on any atom is -0.382 e. The summed E-state index contributed by atoms with van der Waals surface area (Å²) in [5.41, 5.74) is -0.943. The van der Waals surface area contributed by atoms with Crippen LogP contribution in [0.1, 0.15) is 57.2 Å². The molecule has 1 aliphatic heterocycles. The van der Waals surface area contributed by atoms with Crippen molar-refractivity contribution in [1.82, 2.24) is 14.9 Å². The van der Waals surface area contributed by atoms with Gasteiger partial charge in [-0.1, -0.05) is 32.6 Å². The molecule has 2 N–H and O–H groups in total. The van der Waals surface area contributed by atoms with Crippen molar-refractivity contribution in [3.63, 3.8) is 0 Å². The molecule has 30 heavy (non-hydrogen) atoms. The molecule has 0 spiro atoms. The van der Waals surface area contributed by atoms with Gasteiger partial charge in [-0.2, -0.15) is 0 Å².